The summed E-state index contributed by atoms with van der Waals surface area (Å²) in [7, 11) is 0. The Bertz CT molecular complexity index is 1810. The van der Waals surface area contributed by atoms with Crippen LogP contribution in [0.5, 0.6) is 11.5 Å². The molecule has 0 saturated heterocycles. The second-order valence-electron chi connectivity index (χ2n) is 12.5. The number of rotatable bonds is 12. The van der Waals surface area contributed by atoms with E-state index in [9.17, 15) is 20.0 Å². The molecule has 3 N–H and O–H groups in total. The van der Waals surface area contributed by atoms with Crippen molar-refractivity contribution in [3.63, 3.8) is 0 Å². The zero-order chi connectivity index (χ0) is 35.0. The first-order valence-electron chi connectivity index (χ1n) is 15.4. The molecule has 0 unspecified atom stereocenters. The van der Waals surface area contributed by atoms with E-state index in [1.165, 1.54) is 6.07 Å². The molecule has 3 aromatic carbocycles. The van der Waals surface area contributed by atoms with E-state index in [0.717, 1.165) is 14.7 Å². The van der Waals surface area contributed by atoms with Crippen LogP contribution in [-0.2, 0) is 22.6 Å². The highest BCUT2D eigenvalue weighted by molar-refractivity contribution is 14.1. The molecule has 1 aromatic heterocycles. The molecule has 48 heavy (non-hydrogen) atoms. The average molecular weight is 763 g/mol. The number of alkyl carbamates (subject to hydrolysis) is 1. The number of nitrogens with one attached hydrogen (secondary N) is 2. The Morgan fingerprint density at radius 1 is 1.04 bits per heavy atom. The Hall–Kier alpha value is -4.83. The number of carbonyl (C=O) groups is 2. The number of nitrogens with zero attached hydrogens (tertiary/aromatic N) is 2. The SMILES string of the molecule is C=C(c1ccccc1O)c1oc([C@@H](NC(=O)[C@H](Cc2ccc(OCc3ccccc3)c(I)c2)NC(=O)OC(C)(C)C)C(C)C)nc1C#N. The Kier molecular flexibility index (Phi) is 11.9. The smallest absolute Gasteiger partial charge is 0.408 e. The molecule has 10 nitrogen and oxygen atoms in total. The molecule has 0 radical (unpaired) electrons. The minimum absolute atomic E-state index is 0.0282. The molecular formula is C37H39IN4O6. The summed E-state index contributed by atoms with van der Waals surface area (Å²) < 4.78 is 18.4. The topological polar surface area (TPSA) is 147 Å². The number of para-hydroxylation sites is 1. The van der Waals surface area contributed by atoms with Gasteiger partial charge in [-0.25, -0.2) is 9.78 Å². The van der Waals surface area contributed by atoms with Crippen molar-refractivity contribution >= 4 is 40.2 Å². The van der Waals surface area contributed by atoms with E-state index >= 15 is 0 Å². The molecule has 11 heteroatoms. The molecule has 0 aliphatic carbocycles. The summed E-state index contributed by atoms with van der Waals surface area (Å²) in [5.74, 6) is 0.113. The minimum Gasteiger partial charge on any atom is -0.507 e. The Balaban J connectivity index is 1.58. The van der Waals surface area contributed by atoms with Gasteiger partial charge in [-0.1, -0.05) is 75.0 Å². The third-order valence-corrected chi connectivity index (χ3v) is 8.01. The highest BCUT2D eigenvalue weighted by Gasteiger charge is 2.31. The number of halogens is 1. The maximum Gasteiger partial charge on any atom is 0.408 e. The van der Waals surface area contributed by atoms with Gasteiger partial charge in [0.25, 0.3) is 0 Å². The van der Waals surface area contributed by atoms with Crippen LogP contribution in [0.15, 0.2) is 83.8 Å². The molecule has 0 aliphatic heterocycles. The van der Waals surface area contributed by atoms with E-state index < -0.39 is 29.7 Å². The van der Waals surface area contributed by atoms with Crippen molar-refractivity contribution in [2.24, 2.45) is 5.92 Å². The number of oxazole rings is 1. The van der Waals surface area contributed by atoms with Crippen LogP contribution >= 0.6 is 22.6 Å². The number of phenols is 1. The maximum atomic E-state index is 13.9. The predicted octanol–water partition coefficient (Wildman–Crippen LogP) is 7.45. The summed E-state index contributed by atoms with van der Waals surface area (Å²) in [4.78, 5) is 31.2. The van der Waals surface area contributed by atoms with Crippen LogP contribution in [-0.4, -0.2) is 33.7 Å². The number of aromatic hydroxyl groups is 1. The largest absolute Gasteiger partial charge is 0.507 e. The van der Waals surface area contributed by atoms with Crippen molar-refractivity contribution in [1.29, 1.82) is 5.26 Å². The summed E-state index contributed by atoms with van der Waals surface area (Å²) >= 11 is 2.19. The van der Waals surface area contributed by atoms with E-state index in [1.807, 2.05) is 68.4 Å². The van der Waals surface area contributed by atoms with E-state index in [2.05, 4.69) is 44.8 Å². The molecule has 4 rings (SSSR count). The Morgan fingerprint density at radius 3 is 2.35 bits per heavy atom. The minimum atomic E-state index is -1.03. The number of amides is 2. The highest BCUT2D eigenvalue weighted by atomic mass is 127. The van der Waals surface area contributed by atoms with E-state index in [0.29, 0.717) is 17.9 Å². The fraction of sp³-hybridized carbons (Fsp3) is 0.297. The fourth-order valence-electron chi connectivity index (χ4n) is 4.79. The molecule has 0 fully saturated rings. The van der Waals surface area contributed by atoms with Crippen molar-refractivity contribution in [2.45, 2.75) is 65.3 Å². The summed E-state index contributed by atoms with van der Waals surface area (Å²) in [6, 6.07) is 22.2. The molecule has 4 aromatic rings. The van der Waals surface area contributed by atoms with Gasteiger partial charge < -0.3 is 29.6 Å². The van der Waals surface area contributed by atoms with Crippen LogP contribution < -0.4 is 15.4 Å². The van der Waals surface area contributed by atoms with Crippen molar-refractivity contribution in [1.82, 2.24) is 15.6 Å². The van der Waals surface area contributed by atoms with Gasteiger partial charge in [0, 0.05) is 17.6 Å². The fourth-order valence-corrected chi connectivity index (χ4v) is 5.52. The van der Waals surface area contributed by atoms with Crippen LogP contribution in [0.3, 0.4) is 0 Å². The molecule has 2 atom stereocenters. The van der Waals surface area contributed by atoms with Crippen molar-refractivity contribution in [3.8, 4) is 17.6 Å². The monoisotopic (exact) mass is 762 g/mol. The molecule has 1 heterocycles. The van der Waals surface area contributed by atoms with Crippen LogP contribution in [0.25, 0.3) is 5.57 Å². The molecule has 0 bridgehead atoms. The zero-order valence-corrected chi connectivity index (χ0v) is 29.7. The van der Waals surface area contributed by atoms with Gasteiger partial charge in [0.15, 0.2) is 11.5 Å². The van der Waals surface area contributed by atoms with Crippen molar-refractivity contribution < 1.29 is 28.6 Å². The van der Waals surface area contributed by atoms with Crippen molar-refractivity contribution in [3.05, 3.63) is 117 Å². The van der Waals surface area contributed by atoms with Gasteiger partial charge in [0.1, 0.15) is 41.9 Å². The maximum absolute atomic E-state index is 13.9. The normalized spacial score (nSPS) is 12.5. The number of aromatic nitrogens is 1. The quantitative estimate of drug-likeness (QED) is 0.126. The second kappa shape index (κ2) is 15.8. The number of hydrogen-bond acceptors (Lipinski definition) is 8. The lowest BCUT2D eigenvalue weighted by molar-refractivity contribution is -0.124. The summed E-state index contributed by atoms with van der Waals surface area (Å²) in [6.07, 6.45) is -0.597. The van der Waals surface area contributed by atoms with Crippen molar-refractivity contribution in [2.75, 3.05) is 0 Å². The summed E-state index contributed by atoms with van der Waals surface area (Å²) in [5.41, 5.74) is 1.66. The molecule has 0 spiro atoms. The third kappa shape index (κ3) is 9.60. The van der Waals surface area contributed by atoms with E-state index in [-0.39, 0.29) is 41.0 Å². The van der Waals surface area contributed by atoms with Gasteiger partial charge >= 0.3 is 6.09 Å². The molecule has 0 aliphatic rings. The van der Waals surface area contributed by atoms with Crippen LogP contribution in [0, 0.1) is 20.8 Å². The van der Waals surface area contributed by atoms with Gasteiger partial charge in [-0.05, 0) is 78.6 Å². The predicted molar refractivity (Wildman–Crippen MR) is 190 cm³/mol. The van der Waals surface area contributed by atoms with Crippen LogP contribution in [0.2, 0.25) is 0 Å². The summed E-state index contributed by atoms with van der Waals surface area (Å²) in [6.45, 7) is 13.4. The average Bonchev–Trinajstić information content (AvgIpc) is 3.46. The highest BCUT2D eigenvalue weighted by Crippen LogP contribution is 2.33. The van der Waals surface area contributed by atoms with E-state index in [4.69, 9.17) is 13.9 Å². The second-order valence-corrected chi connectivity index (χ2v) is 13.7. The number of nitriles is 1. The molecular weight excluding hydrogens is 723 g/mol. The first kappa shape index (κ1) is 36.0. The Labute approximate surface area is 294 Å². The third-order valence-electron chi connectivity index (χ3n) is 7.16. The number of hydrogen-bond donors (Lipinski definition) is 3. The molecule has 250 valence electrons. The number of carbonyl (C=O) groups excluding carboxylic acids is 2. The number of ether oxygens (including phenoxy) is 2. The first-order valence-corrected chi connectivity index (χ1v) is 16.5. The van der Waals surface area contributed by atoms with Crippen LogP contribution in [0.1, 0.15) is 74.7 Å². The van der Waals surface area contributed by atoms with Gasteiger partial charge in [-0.15, -0.1) is 0 Å². The van der Waals surface area contributed by atoms with Crippen LogP contribution in [0.4, 0.5) is 4.79 Å². The van der Waals surface area contributed by atoms with Gasteiger partial charge in [-0.3, -0.25) is 4.79 Å². The molecule has 2 amide bonds. The van der Waals surface area contributed by atoms with E-state index in [1.54, 1.807) is 39.0 Å². The standard InChI is InChI=1S/C37H39IN4O6/c1-22(2)32(35-40-29(20-39)33(47-35)23(3)26-14-10-11-15-30(26)43)42-34(44)28(41-36(45)48-37(4,5)6)19-25-16-17-31(27(38)18-25)46-21-24-12-8-7-9-13-24/h7-18,22,28,32,43H,3,19,21H2,1-2,4-6H3,(H,41,45)(H,42,44)/t28-,32-/m0/s1. The first-order chi connectivity index (χ1) is 22.8. The zero-order valence-electron chi connectivity index (χ0n) is 27.5. The summed E-state index contributed by atoms with van der Waals surface area (Å²) in [5, 5.41) is 25.9. The Morgan fingerprint density at radius 2 is 1.73 bits per heavy atom. The molecule has 0 saturated carbocycles. The lowest BCUT2D eigenvalue weighted by Gasteiger charge is -2.26. The number of phenolic OH excluding ortho intramolecular Hbond substituents is 1. The van der Waals surface area contributed by atoms with Gasteiger partial charge in [0.05, 0.1) is 3.57 Å². The van der Waals surface area contributed by atoms with Gasteiger partial charge in [-0.2, -0.15) is 5.26 Å². The lowest BCUT2D eigenvalue weighted by Crippen LogP contribution is -2.50. The number of benzene rings is 3. The lowest BCUT2D eigenvalue weighted by atomic mass is 10.0. The van der Waals surface area contributed by atoms with Gasteiger partial charge in [0.2, 0.25) is 11.8 Å².